The van der Waals surface area contributed by atoms with Crippen LogP contribution >= 0.6 is 0 Å². The first kappa shape index (κ1) is 27.7. The van der Waals surface area contributed by atoms with E-state index in [2.05, 4.69) is 83.2 Å². The summed E-state index contributed by atoms with van der Waals surface area (Å²) >= 11 is 0. The fourth-order valence-corrected chi connectivity index (χ4v) is 5.66. The normalized spacial score (nSPS) is 17.1. The molecule has 4 rings (SSSR count). The molecule has 0 aromatic heterocycles. The largest absolute Gasteiger partial charge is 0.496 e. The summed E-state index contributed by atoms with van der Waals surface area (Å²) in [6.07, 6.45) is 7.38. The van der Waals surface area contributed by atoms with Gasteiger partial charge in [0.2, 0.25) is 0 Å². The van der Waals surface area contributed by atoms with Crippen LogP contribution in [0.25, 0.3) is 17.2 Å². The van der Waals surface area contributed by atoms with Gasteiger partial charge in [-0.05, 0) is 90.3 Å². The molecule has 3 aromatic rings. The Labute approximate surface area is 227 Å². The van der Waals surface area contributed by atoms with Crippen LogP contribution in [0.3, 0.4) is 0 Å². The predicted molar refractivity (Wildman–Crippen MR) is 155 cm³/mol. The van der Waals surface area contributed by atoms with E-state index in [1.807, 2.05) is 18.2 Å². The number of rotatable bonds is 11. The summed E-state index contributed by atoms with van der Waals surface area (Å²) in [6.45, 7) is 11.8. The number of epoxide rings is 1. The molecule has 200 valence electrons. The van der Waals surface area contributed by atoms with E-state index in [-0.39, 0.29) is 17.4 Å². The number of carboxylic acid groups (broad SMARTS) is 1. The first-order valence-electron chi connectivity index (χ1n) is 13.7. The molecule has 1 aliphatic rings. The maximum atomic E-state index is 11.3. The van der Waals surface area contributed by atoms with Gasteiger partial charge >= 0.3 is 5.97 Å². The van der Waals surface area contributed by atoms with Crippen LogP contribution in [0, 0.1) is 13.8 Å². The molecule has 0 amide bonds. The third-order valence-electron chi connectivity index (χ3n) is 8.40. The highest BCUT2D eigenvalue weighted by Gasteiger charge is 2.39. The zero-order valence-electron chi connectivity index (χ0n) is 23.6. The average Bonchev–Trinajstić information content (AvgIpc) is 3.69. The number of hydrogen-bond acceptors (Lipinski definition) is 3. The van der Waals surface area contributed by atoms with Crippen LogP contribution in [0.5, 0.6) is 5.75 Å². The van der Waals surface area contributed by atoms with Gasteiger partial charge in [0, 0.05) is 11.0 Å². The molecule has 0 aliphatic carbocycles. The molecule has 1 atom stereocenters. The number of methoxy groups -OCH3 is 1. The Kier molecular flexibility index (Phi) is 8.13. The second-order valence-corrected chi connectivity index (χ2v) is 10.5. The van der Waals surface area contributed by atoms with Gasteiger partial charge in [-0.3, -0.25) is 4.79 Å². The van der Waals surface area contributed by atoms with E-state index in [9.17, 15) is 9.90 Å². The van der Waals surface area contributed by atoms with Crippen molar-refractivity contribution in [3.05, 3.63) is 94.1 Å². The lowest BCUT2D eigenvalue weighted by molar-refractivity contribution is -0.136. The first-order valence-corrected chi connectivity index (χ1v) is 13.7. The molecule has 4 heteroatoms. The van der Waals surface area contributed by atoms with E-state index in [0.717, 1.165) is 53.9 Å². The van der Waals surface area contributed by atoms with Gasteiger partial charge in [0.15, 0.2) is 0 Å². The van der Waals surface area contributed by atoms with Crippen molar-refractivity contribution < 1.29 is 19.4 Å². The third kappa shape index (κ3) is 5.42. The standard InChI is InChI=1S/C34H40O4/c1-7-33(22-38-33)17-16-26-11-12-27(18-23(26)4)34(8-2,9-3)28-13-14-29(24(5)19-28)30-20-25(21-32(35)36)10-15-31(30)37-6/h10-20H,7-9,21-22H2,1-6H3,(H,35,36)/b17-16+. The molecule has 0 bridgehead atoms. The van der Waals surface area contributed by atoms with Crippen molar-refractivity contribution in [3.8, 4) is 16.9 Å². The summed E-state index contributed by atoms with van der Waals surface area (Å²) in [5.74, 6) is -0.0978. The molecule has 1 heterocycles. The summed E-state index contributed by atoms with van der Waals surface area (Å²) in [6, 6.07) is 19.2. The maximum Gasteiger partial charge on any atom is 0.307 e. The van der Waals surface area contributed by atoms with E-state index >= 15 is 0 Å². The van der Waals surface area contributed by atoms with E-state index in [1.54, 1.807) is 7.11 Å². The number of benzene rings is 3. The number of hydrogen-bond donors (Lipinski definition) is 1. The van der Waals surface area contributed by atoms with Crippen molar-refractivity contribution in [2.45, 2.75) is 71.3 Å². The molecule has 1 unspecified atom stereocenters. The van der Waals surface area contributed by atoms with Crippen LogP contribution < -0.4 is 4.74 Å². The summed E-state index contributed by atoms with van der Waals surface area (Å²) in [5, 5.41) is 9.27. The van der Waals surface area contributed by atoms with Crippen LogP contribution in [-0.2, 0) is 21.4 Å². The molecule has 0 saturated carbocycles. The SMILES string of the molecule is CCC1(/C=C/c2ccc(C(CC)(CC)c3ccc(-c4cc(CC(=O)O)ccc4OC)c(C)c3)cc2C)CO1. The average molecular weight is 513 g/mol. The van der Waals surface area contributed by atoms with Crippen molar-refractivity contribution in [2.75, 3.05) is 13.7 Å². The molecule has 1 N–H and O–H groups in total. The zero-order valence-corrected chi connectivity index (χ0v) is 23.6. The van der Waals surface area contributed by atoms with E-state index in [0.29, 0.717) is 0 Å². The molecule has 38 heavy (non-hydrogen) atoms. The summed E-state index contributed by atoms with van der Waals surface area (Å²) < 4.78 is 11.3. The summed E-state index contributed by atoms with van der Waals surface area (Å²) in [4.78, 5) is 11.3. The van der Waals surface area contributed by atoms with E-state index < -0.39 is 5.97 Å². The fourth-order valence-electron chi connectivity index (χ4n) is 5.66. The van der Waals surface area contributed by atoms with Crippen molar-refractivity contribution in [1.82, 2.24) is 0 Å². The highest BCUT2D eigenvalue weighted by molar-refractivity contribution is 5.77. The van der Waals surface area contributed by atoms with Crippen molar-refractivity contribution >= 4 is 12.0 Å². The number of carbonyl (C=O) groups is 1. The highest BCUT2D eigenvalue weighted by Crippen LogP contribution is 2.42. The highest BCUT2D eigenvalue weighted by atomic mass is 16.6. The molecule has 1 fully saturated rings. The summed E-state index contributed by atoms with van der Waals surface area (Å²) in [5.41, 5.74) is 8.85. The van der Waals surface area contributed by atoms with Gasteiger partial charge in [0.1, 0.15) is 11.4 Å². The monoisotopic (exact) mass is 512 g/mol. The molecule has 0 radical (unpaired) electrons. The molecule has 3 aromatic carbocycles. The third-order valence-corrected chi connectivity index (χ3v) is 8.40. The van der Waals surface area contributed by atoms with Crippen LogP contribution in [0.2, 0.25) is 0 Å². The molecular weight excluding hydrogens is 472 g/mol. The lowest BCUT2D eigenvalue weighted by atomic mass is 9.69. The first-order chi connectivity index (χ1) is 18.2. The van der Waals surface area contributed by atoms with E-state index in [1.165, 1.54) is 22.3 Å². The number of aryl methyl sites for hydroxylation is 2. The minimum atomic E-state index is -0.841. The minimum Gasteiger partial charge on any atom is -0.496 e. The number of aliphatic carboxylic acids is 1. The van der Waals surface area contributed by atoms with Gasteiger partial charge in [0.05, 0.1) is 20.1 Å². The fraction of sp³-hybridized carbons (Fsp3) is 0.382. The minimum absolute atomic E-state index is 0.0140. The molecule has 4 nitrogen and oxygen atoms in total. The second kappa shape index (κ2) is 11.2. The molecule has 1 saturated heterocycles. The van der Waals surface area contributed by atoms with Gasteiger partial charge in [-0.25, -0.2) is 0 Å². The molecular formula is C34H40O4. The lowest BCUT2D eigenvalue weighted by Crippen LogP contribution is -2.26. The Morgan fingerprint density at radius 2 is 1.63 bits per heavy atom. The van der Waals surface area contributed by atoms with E-state index in [4.69, 9.17) is 9.47 Å². The summed E-state index contributed by atoms with van der Waals surface area (Å²) in [7, 11) is 1.65. The Hall–Kier alpha value is -3.37. The second-order valence-electron chi connectivity index (χ2n) is 10.5. The Bertz CT molecular complexity index is 1340. The van der Waals surface area contributed by atoms with Gasteiger partial charge in [0.25, 0.3) is 0 Å². The maximum absolute atomic E-state index is 11.3. The quantitative estimate of drug-likeness (QED) is 0.265. The van der Waals surface area contributed by atoms with Crippen LogP contribution in [0.1, 0.15) is 73.4 Å². The zero-order chi connectivity index (χ0) is 27.5. The van der Waals surface area contributed by atoms with Crippen molar-refractivity contribution in [3.63, 3.8) is 0 Å². The number of ether oxygens (including phenoxy) is 2. The lowest BCUT2D eigenvalue weighted by Gasteiger charge is -2.34. The van der Waals surface area contributed by atoms with Crippen LogP contribution in [0.4, 0.5) is 0 Å². The van der Waals surface area contributed by atoms with Gasteiger partial charge in [-0.2, -0.15) is 0 Å². The predicted octanol–water partition coefficient (Wildman–Crippen LogP) is 7.90. The Morgan fingerprint density at radius 1 is 0.974 bits per heavy atom. The molecule has 1 aliphatic heterocycles. The Balaban J connectivity index is 1.72. The van der Waals surface area contributed by atoms with Crippen LogP contribution in [-0.4, -0.2) is 30.4 Å². The van der Waals surface area contributed by atoms with Gasteiger partial charge < -0.3 is 14.6 Å². The Morgan fingerprint density at radius 3 is 2.16 bits per heavy atom. The molecule has 0 spiro atoms. The smallest absolute Gasteiger partial charge is 0.307 e. The van der Waals surface area contributed by atoms with Gasteiger partial charge in [-0.1, -0.05) is 69.3 Å². The van der Waals surface area contributed by atoms with Crippen molar-refractivity contribution in [2.24, 2.45) is 0 Å². The topological polar surface area (TPSA) is 59.1 Å². The number of carboxylic acids is 1. The van der Waals surface area contributed by atoms with Crippen LogP contribution in [0.15, 0.2) is 60.7 Å². The van der Waals surface area contributed by atoms with Gasteiger partial charge in [-0.15, -0.1) is 0 Å². The van der Waals surface area contributed by atoms with Crippen molar-refractivity contribution in [1.29, 1.82) is 0 Å².